The highest BCUT2D eigenvalue weighted by Crippen LogP contribution is 2.17. The van der Waals surface area contributed by atoms with E-state index in [1.807, 2.05) is 30.3 Å². The Labute approximate surface area is 177 Å². The van der Waals surface area contributed by atoms with Gasteiger partial charge in [0.25, 0.3) is 15.9 Å². The normalized spacial score (nSPS) is 11.3. The number of benzene rings is 1. The zero-order chi connectivity index (χ0) is 22.1. The second kappa shape index (κ2) is 10.7. The van der Waals surface area contributed by atoms with Crippen LogP contribution >= 0.6 is 0 Å². The molecule has 162 valence electrons. The number of carbonyl (C=O) groups excluding carboxylic acids is 2. The standard InChI is InChI=1S/C21H28N4O4S/c1-4-19(26)22-14-8-16-24(2)30(28,29)20-12-11-18(25(20)3)21(27)23-15-13-17-9-6-5-7-10-17/h4-7,9-12H,1,8,13-16H2,2-3H3,(H,22,26)(H,23,27). The zero-order valence-electron chi connectivity index (χ0n) is 17.3. The van der Waals surface area contributed by atoms with E-state index in [2.05, 4.69) is 17.2 Å². The van der Waals surface area contributed by atoms with Crippen LogP contribution in [0.25, 0.3) is 0 Å². The summed E-state index contributed by atoms with van der Waals surface area (Å²) in [6.45, 7) is 4.38. The van der Waals surface area contributed by atoms with Crippen molar-refractivity contribution in [2.24, 2.45) is 7.05 Å². The van der Waals surface area contributed by atoms with Crippen molar-refractivity contribution in [3.05, 3.63) is 66.4 Å². The fourth-order valence-electron chi connectivity index (χ4n) is 2.90. The summed E-state index contributed by atoms with van der Waals surface area (Å²) < 4.78 is 28.3. The molecule has 30 heavy (non-hydrogen) atoms. The topological polar surface area (TPSA) is 101 Å². The number of hydrogen-bond acceptors (Lipinski definition) is 4. The van der Waals surface area contributed by atoms with Gasteiger partial charge < -0.3 is 15.2 Å². The predicted octanol–water partition coefficient (Wildman–Crippen LogP) is 1.31. The Hall–Kier alpha value is -2.91. The number of rotatable bonds is 11. The van der Waals surface area contributed by atoms with E-state index in [1.165, 1.54) is 28.1 Å². The second-order valence-corrected chi connectivity index (χ2v) is 8.77. The summed E-state index contributed by atoms with van der Waals surface area (Å²) in [6.07, 6.45) is 2.30. The largest absolute Gasteiger partial charge is 0.353 e. The molecule has 8 nitrogen and oxygen atoms in total. The molecule has 2 N–H and O–H groups in total. The van der Waals surface area contributed by atoms with Gasteiger partial charge in [-0.05, 0) is 36.6 Å². The van der Waals surface area contributed by atoms with Gasteiger partial charge >= 0.3 is 0 Å². The first-order chi connectivity index (χ1) is 14.3. The first kappa shape index (κ1) is 23.4. The van der Waals surface area contributed by atoms with E-state index < -0.39 is 10.0 Å². The van der Waals surface area contributed by atoms with Crippen LogP contribution in [0, 0.1) is 0 Å². The number of sulfonamides is 1. The van der Waals surface area contributed by atoms with Crippen molar-refractivity contribution in [1.29, 1.82) is 0 Å². The van der Waals surface area contributed by atoms with Gasteiger partial charge in [-0.2, -0.15) is 4.31 Å². The van der Waals surface area contributed by atoms with E-state index in [0.29, 0.717) is 25.9 Å². The third-order valence-corrected chi connectivity index (χ3v) is 6.60. The Bertz CT molecular complexity index is 984. The number of hydrogen-bond donors (Lipinski definition) is 2. The second-order valence-electron chi connectivity index (χ2n) is 6.78. The summed E-state index contributed by atoms with van der Waals surface area (Å²) in [5.41, 5.74) is 1.38. The molecule has 2 amide bonds. The Kier molecular flexibility index (Phi) is 8.37. The SMILES string of the molecule is C=CC(=O)NCCCN(C)S(=O)(=O)c1ccc(C(=O)NCCc2ccccc2)n1C. The van der Waals surface area contributed by atoms with Crippen LogP contribution in [0.4, 0.5) is 0 Å². The molecule has 9 heteroatoms. The average molecular weight is 433 g/mol. The van der Waals surface area contributed by atoms with Gasteiger partial charge in [0.15, 0.2) is 5.03 Å². The third kappa shape index (κ3) is 6.04. The van der Waals surface area contributed by atoms with Crippen molar-refractivity contribution < 1.29 is 18.0 Å². The lowest BCUT2D eigenvalue weighted by Gasteiger charge is -2.18. The van der Waals surface area contributed by atoms with E-state index >= 15 is 0 Å². The summed E-state index contributed by atoms with van der Waals surface area (Å²) in [4.78, 5) is 23.6. The summed E-state index contributed by atoms with van der Waals surface area (Å²) in [5, 5.41) is 5.46. The summed E-state index contributed by atoms with van der Waals surface area (Å²) in [6, 6.07) is 12.7. The first-order valence-electron chi connectivity index (χ1n) is 9.62. The molecule has 0 aliphatic heterocycles. The molecule has 0 radical (unpaired) electrons. The molecule has 0 fully saturated rings. The van der Waals surface area contributed by atoms with Gasteiger partial charge in [-0.25, -0.2) is 8.42 Å². The van der Waals surface area contributed by atoms with E-state index in [0.717, 1.165) is 11.6 Å². The van der Waals surface area contributed by atoms with Crippen molar-refractivity contribution in [2.45, 2.75) is 17.9 Å². The number of nitrogens with one attached hydrogen (secondary N) is 2. The van der Waals surface area contributed by atoms with E-state index in [-0.39, 0.29) is 29.1 Å². The van der Waals surface area contributed by atoms with Crippen molar-refractivity contribution in [1.82, 2.24) is 19.5 Å². The molecular weight excluding hydrogens is 404 g/mol. The third-order valence-electron chi connectivity index (χ3n) is 4.66. The Morgan fingerprint density at radius 1 is 1.10 bits per heavy atom. The van der Waals surface area contributed by atoms with Gasteiger partial charge in [0.05, 0.1) is 0 Å². The van der Waals surface area contributed by atoms with Crippen LogP contribution in [0.1, 0.15) is 22.5 Å². The summed E-state index contributed by atoms with van der Waals surface area (Å²) >= 11 is 0. The highest BCUT2D eigenvalue weighted by Gasteiger charge is 2.26. The molecule has 0 aliphatic carbocycles. The van der Waals surface area contributed by atoms with Crippen LogP contribution < -0.4 is 10.6 Å². The predicted molar refractivity (Wildman–Crippen MR) is 116 cm³/mol. The molecule has 2 rings (SSSR count). The van der Waals surface area contributed by atoms with E-state index in [1.54, 1.807) is 7.05 Å². The van der Waals surface area contributed by atoms with Crippen LogP contribution in [0.2, 0.25) is 0 Å². The van der Waals surface area contributed by atoms with E-state index in [9.17, 15) is 18.0 Å². The van der Waals surface area contributed by atoms with Crippen LogP contribution in [0.15, 0.2) is 60.1 Å². The Morgan fingerprint density at radius 3 is 2.47 bits per heavy atom. The maximum Gasteiger partial charge on any atom is 0.267 e. The fraction of sp³-hybridized carbons (Fsp3) is 0.333. The fourth-order valence-corrected chi connectivity index (χ4v) is 4.27. The first-order valence-corrected chi connectivity index (χ1v) is 11.1. The molecule has 0 saturated carbocycles. The monoisotopic (exact) mass is 432 g/mol. The van der Waals surface area contributed by atoms with Crippen LogP contribution in [0.5, 0.6) is 0 Å². The minimum absolute atomic E-state index is 0.0355. The van der Waals surface area contributed by atoms with Crippen LogP contribution in [0.3, 0.4) is 0 Å². The summed E-state index contributed by atoms with van der Waals surface area (Å²) in [7, 11) is -0.746. The molecule has 1 heterocycles. The van der Waals surface area contributed by atoms with Gasteiger partial charge in [0, 0.05) is 33.7 Å². The van der Waals surface area contributed by atoms with Crippen LogP contribution in [-0.4, -0.2) is 55.8 Å². The molecular formula is C21H28N4O4S. The van der Waals surface area contributed by atoms with Gasteiger partial charge in [-0.15, -0.1) is 0 Å². The minimum Gasteiger partial charge on any atom is -0.353 e. The zero-order valence-corrected chi connectivity index (χ0v) is 18.1. The number of aromatic nitrogens is 1. The van der Waals surface area contributed by atoms with Gasteiger partial charge in [0.2, 0.25) is 5.91 Å². The maximum atomic E-state index is 12.8. The van der Waals surface area contributed by atoms with Gasteiger partial charge in [-0.3, -0.25) is 9.59 Å². The molecule has 1 aromatic carbocycles. The van der Waals surface area contributed by atoms with Gasteiger partial charge in [0.1, 0.15) is 5.69 Å². The molecule has 1 aromatic heterocycles. The lowest BCUT2D eigenvalue weighted by Crippen LogP contribution is -2.33. The highest BCUT2D eigenvalue weighted by atomic mass is 32.2. The highest BCUT2D eigenvalue weighted by molar-refractivity contribution is 7.89. The average Bonchev–Trinajstić information content (AvgIpc) is 3.13. The number of nitrogens with zero attached hydrogens (tertiary/aromatic N) is 2. The van der Waals surface area contributed by atoms with Crippen LogP contribution in [-0.2, 0) is 28.3 Å². The molecule has 2 aromatic rings. The molecule has 0 unspecified atom stereocenters. The molecule has 0 atom stereocenters. The molecule has 0 bridgehead atoms. The lowest BCUT2D eigenvalue weighted by atomic mass is 10.1. The summed E-state index contributed by atoms with van der Waals surface area (Å²) in [5.74, 6) is -0.629. The lowest BCUT2D eigenvalue weighted by molar-refractivity contribution is -0.116. The van der Waals surface area contributed by atoms with Crippen molar-refractivity contribution >= 4 is 21.8 Å². The molecule has 0 aliphatic rings. The van der Waals surface area contributed by atoms with Crippen molar-refractivity contribution in [3.63, 3.8) is 0 Å². The Balaban J connectivity index is 1.95. The maximum absolute atomic E-state index is 12.8. The minimum atomic E-state index is -3.77. The number of carbonyl (C=O) groups is 2. The van der Waals surface area contributed by atoms with Gasteiger partial charge in [-0.1, -0.05) is 36.9 Å². The van der Waals surface area contributed by atoms with Crippen molar-refractivity contribution in [3.8, 4) is 0 Å². The van der Waals surface area contributed by atoms with E-state index in [4.69, 9.17) is 0 Å². The smallest absolute Gasteiger partial charge is 0.267 e. The number of amides is 2. The molecule has 0 spiro atoms. The quantitative estimate of drug-likeness (QED) is 0.413. The Morgan fingerprint density at radius 2 is 1.80 bits per heavy atom. The van der Waals surface area contributed by atoms with Crippen molar-refractivity contribution in [2.75, 3.05) is 26.7 Å². The molecule has 0 saturated heterocycles.